The molecular formula is C14H18BrN3. The van der Waals surface area contributed by atoms with Crippen LogP contribution >= 0.6 is 15.9 Å². The molecule has 0 saturated heterocycles. The highest BCUT2D eigenvalue weighted by Gasteiger charge is 2.08. The zero-order valence-electron chi connectivity index (χ0n) is 11.0. The summed E-state index contributed by atoms with van der Waals surface area (Å²) in [6.45, 7) is 7.25. The Hall–Kier alpha value is -1.29. The second-order valence-corrected chi connectivity index (χ2v) is 5.25. The van der Waals surface area contributed by atoms with E-state index in [4.69, 9.17) is 0 Å². The summed E-state index contributed by atoms with van der Waals surface area (Å²) in [6, 6.07) is 6.18. The first-order valence-corrected chi connectivity index (χ1v) is 6.97. The first-order valence-electron chi connectivity index (χ1n) is 6.17. The molecule has 0 radical (unpaired) electrons. The minimum absolute atomic E-state index is 0.903. The van der Waals surface area contributed by atoms with Gasteiger partial charge in [-0.15, -0.1) is 0 Å². The van der Waals surface area contributed by atoms with E-state index in [1.54, 1.807) is 0 Å². The van der Waals surface area contributed by atoms with Crippen LogP contribution in [0.15, 0.2) is 28.9 Å². The maximum Gasteiger partial charge on any atom is 0.207 e. The van der Waals surface area contributed by atoms with Gasteiger partial charge in [-0.1, -0.05) is 19.1 Å². The third-order valence-electron chi connectivity index (χ3n) is 2.80. The molecule has 1 aromatic heterocycles. The smallest absolute Gasteiger partial charge is 0.207 e. The molecule has 0 amide bonds. The van der Waals surface area contributed by atoms with Crippen LogP contribution in [-0.4, -0.2) is 9.55 Å². The molecule has 0 spiro atoms. The van der Waals surface area contributed by atoms with Gasteiger partial charge in [0.2, 0.25) is 5.95 Å². The Morgan fingerprint density at radius 1 is 1.33 bits per heavy atom. The molecule has 0 bridgehead atoms. The molecule has 1 heterocycles. The molecule has 2 rings (SSSR count). The number of halogens is 1. The number of benzene rings is 1. The van der Waals surface area contributed by atoms with E-state index in [-0.39, 0.29) is 0 Å². The van der Waals surface area contributed by atoms with Crippen molar-refractivity contribution in [3.63, 3.8) is 0 Å². The van der Waals surface area contributed by atoms with Crippen molar-refractivity contribution < 1.29 is 0 Å². The molecule has 0 unspecified atom stereocenters. The lowest BCUT2D eigenvalue weighted by atomic mass is 10.2. The molecule has 1 N–H and O–H groups in total. The van der Waals surface area contributed by atoms with Gasteiger partial charge >= 0.3 is 0 Å². The molecule has 1 aromatic carbocycles. The lowest BCUT2D eigenvalue weighted by Gasteiger charge is -2.11. The largest absolute Gasteiger partial charge is 0.325 e. The number of nitrogens with zero attached hydrogens (tertiary/aromatic N) is 2. The number of rotatable bonds is 4. The van der Waals surface area contributed by atoms with Crippen LogP contribution in [0.1, 0.15) is 24.6 Å². The SMILES string of the molecule is CCCn1cc(C)nc1Nc1cccc(C)c1Br. The second-order valence-electron chi connectivity index (χ2n) is 4.46. The zero-order valence-corrected chi connectivity index (χ0v) is 12.6. The maximum absolute atomic E-state index is 4.53. The van der Waals surface area contributed by atoms with Gasteiger partial charge in [-0.05, 0) is 47.8 Å². The van der Waals surface area contributed by atoms with Crippen molar-refractivity contribution in [2.24, 2.45) is 0 Å². The molecule has 0 aliphatic rings. The van der Waals surface area contributed by atoms with Crippen molar-refractivity contribution in [2.45, 2.75) is 33.7 Å². The van der Waals surface area contributed by atoms with Gasteiger partial charge in [-0.2, -0.15) is 0 Å². The van der Waals surface area contributed by atoms with Crippen molar-refractivity contribution >= 4 is 27.6 Å². The highest BCUT2D eigenvalue weighted by Crippen LogP contribution is 2.28. The number of hydrogen-bond donors (Lipinski definition) is 1. The fraction of sp³-hybridized carbons (Fsp3) is 0.357. The minimum atomic E-state index is 0.903. The summed E-state index contributed by atoms with van der Waals surface area (Å²) in [4.78, 5) is 4.53. The van der Waals surface area contributed by atoms with Gasteiger partial charge in [0, 0.05) is 17.2 Å². The fourth-order valence-corrected chi connectivity index (χ4v) is 2.29. The van der Waals surface area contributed by atoms with Gasteiger partial charge in [-0.3, -0.25) is 0 Å². The standard InChI is InChI=1S/C14H18BrN3/c1-4-8-18-9-11(3)16-14(18)17-12-7-5-6-10(2)13(12)15/h5-7,9H,4,8H2,1-3H3,(H,16,17). The van der Waals surface area contributed by atoms with Gasteiger partial charge < -0.3 is 9.88 Å². The van der Waals surface area contributed by atoms with Gasteiger partial charge in [0.1, 0.15) is 0 Å². The molecular weight excluding hydrogens is 290 g/mol. The Labute approximate surface area is 116 Å². The van der Waals surface area contributed by atoms with Crippen molar-refractivity contribution in [1.82, 2.24) is 9.55 Å². The van der Waals surface area contributed by atoms with Gasteiger partial charge in [-0.25, -0.2) is 4.98 Å². The minimum Gasteiger partial charge on any atom is -0.325 e. The Morgan fingerprint density at radius 2 is 2.11 bits per heavy atom. The van der Waals surface area contributed by atoms with Crippen LogP contribution in [0.25, 0.3) is 0 Å². The summed E-state index contributed by atoms with van der Waals surface area (Å²) in [6.07, 6.45) is 3.18. The first-order chi connectivity index (χ1) is 8.61. The third kappa shape index (κ3) is 2.75. The second kappa shape index (κ2) is 5.57. The van der Waals surface area contributed by atoms with Crippen molar-refractivity contribution in [3.05, 3.63) is 40.1 Å². The number of imidazole rings is 1. The number of nitrogens with one attached hydrogen (secondary N) is 1. The van der Waals surface area contributed by atoms with Crippen molar-refractivity contribution in [2.75, 3.05) is 5.32 Å². The van der Waals surface area contributed by atoms with E-state index in [0.29, 0.717) is 0 Å². The average molecular weight is 308 g/mol. The highest BCUT2D eigenvalue weighted by molar-refractivity contribution is 9.10. The van der Waals surface area contributed by atoms with Gasteiger partial charge in [0.05, 0.1) is 11.4 Å². The Morgan fingerprint density at radius 3 is 2.83 bits per heavy atom. The zero-order chi connectivity index (χ0) is 13.1. The van der Waals surface area contributed by atoms with Crippen LogP contribution in [0.2, 0.25) is 0 Å². The van der Waals surface area contributed by atoms with Crippen LogP contribution in [0, 0.1) is 13.8 Å². The summed E-state index contributed by atoms with van der Waals surface area (Å²) >= 11 is 3.61. The van der Waals surface area contributed by atoms with Crippen LogP contribution in [-0.2, 0) is 6.54 Å². The van der Waals surface area contributed by atoms with E-state index in [2.05, 4.69) is 63.0 Å². The quantitative estimate of drug-likeness (QED) is 0.906. The maximum atomic E-state index is 4.53. The molecule has 18 heavy (non-hydrogen) atoms. The van der Waals surface area contributed by atoms with Gasteiger partial charge in [0.15, 0.2) is 0 Å². The molecule has 4 heteroatoms. The van der Waals surface area contributed by atoms with Gasteiger partial charge in [0.25, 0.3) is 0 Å². The highest BCUT2D eigenvalue weighted by atomic mass is 79.9. The molecule has 2 aromatic rings. The summed E-state index contributed by atoms with van der Waals surface area (Å²) in [5, 5.41) is 3.39. The lowest BCUT2D eigenvalue weighted by Crippen LogP contribution is -2.03. The van der Waals surface area contributed by atoms with Crippen LogP contribution in [0.3, 0.4) is 0 Å². The Balaban J connectivity index is 2.30. The van der Waals surface area contributed by atoms with E-state index >= 15 is 0 Å². The first kappa shape index (κ1) is 13.1. The summed E-state index contributed by atoms with van der Waals surface area (Å²) in [5.41, 5.74) is 3.30. The third-order valence-corrected chi connectivity index (χ3v) is 3.85. The van der Waals surface area contributed by atoms with E-state index in [0.717, 1.165) is 34.8 Å². The monoisotopic (exact) mass is 307 g/mol. The molecule has 0 saturated carbocycles. The molecule has 3 nitrogen and oxygen atoms in total. The van der Waals surface area contributed by atoms with E-state index < -0.39 is 0 Å². The summed E-state index contributed by atoms with van der Waals surface area (Å²) in [7, 11) is 0. The number of anilines is 2. The summed E-state index contributed by atoms with van der Waals surface area (Å²) in [5.74, 6) is 0.903. The van der Waals surface area contributed by atoms with Crippen LogP contribution in [0.5, 0.6) is 0 Å². The fourth-order valence-electron chi connectivity index (χ4n) is 1.92. The lowest BCUT2D eigenvalue weighted by molar-refractivity contribution is 0.686. The molecule has 0 aliphatic carbocycles. The van der Waals surface area contributed by atoms with E-state index in [1.807, 2.05) is 13.0 Å². The molecule has 0 atom stereocenters. The van der Waals surface area contributed by atoms with Crippen molar-refractivity contribution in [3.8, 4) is 0 Å². The Bertz CT molecular complexity index is 546. The molecule has 96 valence electrons. The number of aryl methyl sites for hydroxylation is 3. The molecule has 0 fully saturated rings. The van der Waals surface area contributed by atoms with Crippen LogP contribution < -0.4 is 5.32 Å². The van der Waals surface area contributed by atoms with E-state index in [9.17, 15) is 0 Å². The average Bonchev–Trinajstić information content (AvgIpc) is 2.66. The topological polar surface area (TPSA) is 29.9 Å². The number of aromatic nitrogens is 2. The van der Waals surface area contributed by atoms with E-state index in [1.165, 1.54) is 5.56 Å². The molecule has 0 aliphatic heterocycles. The predicted octanol–water partition coefficient (Wildman–Crippen LogP) is 4.42. The van der Waals surface area contributed by atoms with Crippen LogP contribution in [0.4, 0.5) is 11.6 Å². The Kier molecular flexibility index (Phi) is 4.07. The number of hydrogen-bond acceptors (Lipinski definition) is 2. The normalized spacial score (nSPS) is 10.7. The predicted molar refractivity (Wildman–Crippen MR) is 79.4 cm³/mol. The summed E-state index contributed by atoms with van der Waals surface area (Å²) < 4.78 is 3.25. The van der Waals surface area contributed by atoms with Crippen molar-refractivity contribution in [1.29, 1.82) is 0 Å².